The van der Waals surface area contributed by atoms with Crippen molar-refractivity contribution in [1.29, 1.82) is 0 Å². The van der Waals surface area contributed by atoms with Gasteiger partial charge in [0.2, 0.25) is 0 Å². The van der Waals surface area contributed by atoms with E-state index in [0.717, 1.165) is 37.6 Å². The number of benzene rings is 2. The van der Waals surface area contributed by atoms with E-state index in [0.29, 0.717) is 18.7 Å². The van der Waals surface area contributed by atoms with Crippen molar-refractivity contribution < 1.29 is 19.2 Å². The van der Waals surface area contributed by atoms with Gasteiger partial charge in [-0.1, -0.05) is 51.1 Å². The number of carbonyl (C=O) groups is 1. The number of morpholine rings is 1. The number of rotatable bonds is 8. The number of hydrogen-bond acceptors (Lipinski definition) is 4. The van der Waals surface area contributed by atoms with Crippen molar-refractivity contribution in [2.24, 2.45) is 0 Å². The Morgan fingerprint density at radius 1 is 1.06 bits per heavy atom. The van der Waals surface area contributed by atoms with Gasteiger partial charge in [0, 0.05) is 5.56 Å². The number of amides is 1. The van der Waals surface area contributed by atoms with E-state index in [1.807, 2.05) is 36.4 Å². The van der Waals surface area contributed by atoms with E-state index >= 15 is 0 Å². The normalized spacial score (nSPS) is 15.6. The van der Waals surface area contributed by atoms with Crippen LogP contribution in [0, 0.1) is 0 Å². The molecule has 34 heavy (non-hydrogen) atoms. The van der Waals surface area contributed by atoms with Crippen molar-refractivity contribution in [1.82, 2.24) is 5.32 Å². The molecule has 0 spiro atoms. The van der Waals surface area contributed by atoms with Gasteiger partial charge in [0.25, 0.3) is 5.91 Å². The maximum Gasteiger partial charge on any atom is 0.251 e. The van der Waals surface area contributed by atoms with Gasteiger partial charge >= 0.3 is 0 Å². The van der Waals surface area contributed by atoms with E-state index < -0.39 is 0 Å². The predicted octanol–water partition coefficient (Wildman–Crippen LogP) is 4.01. The fourth-order valence-corrected chi connectivity index (χ4v) is 5.07. The van der Waals surface area contributed by atoms with Crippen LogP contribution in [0.25, 0.3) is 0 Å². The van der Waals surface area contributed by atoms with Crippen molar-refractivity contribution in [3.05, 3.63) is 87.6 Å². The molecular formula is C28H35N2O3S+. The predicted molar refractivity (Wildman–Crippen MR) is 137 cm³/mol. The van der Waals surface area contributed by atoms with Crippen LogP contribution in [-0.4, -0.2) is 38.8 Å². The third-order valence-corrected chi connectivity index (χ3v) is 7.31. The number of nitrogens with one attached hydrogen (secondary N) is 2. The van der Waals surface area contributed by atoms with Crippen LogP contribution in [0.15, 0.2) is 66.0 Å². The van der Waals surface area contributed by atoms with Crippen LogP contribution in [0.5, 0.6) is 5.75 Å². The average Bonchev–Trinajstić information content (AvgIpc) is 3.38. The highest BCUT2D eigenvalue weighted by molar-refractivity contribution is 7.10. The number of thiophene rings is 1. The first-order valence-corrected chi connectivity index (χ1v) is 12.8. The van der Waals surface area contributed by atoms with Gasteiger partial charge in [-0.2, -0.15) is 0 Å². The average molecular weight is 480 g/mol. The number of ether oxygens (including phenoxy) is 2. The molecule has 1 saturated heterocycles. The Kier molecular flexibility index (Phi) is 8.03. The fourth-order valence-electron chi connectivity index (χ4n) is 4.18. The highest BCUT2D eigenvalue weighted by Crippen LogP contribution is 2.24. The van der Waals surface area contributed by atoms with Crippen LogP contribution in [0.2, 0.25) is 0 Å². The molecule has 0 aliphatic carbocycles. The summed E-state index contributed by atoms with van der Waals surface area (Å²) in [5.41, 5.74) is 3.11. The van der Waals surface area contributed by atoms with Gasteiger partial charge in [0.1, 0.15) is 31.5 Å². The molecule has 2 aromatic carbocycles. The monoisotopic (exact) mass is 479 g/mol. The van der Waals surface area contributed by atoms with Crippen LogP contribution in [0.3, 0.4) is 0 Å². The van der Waals surface area contributed by atoms with E-state index in [4.69, 9.17) is 9.47 Å². The van der Waals surface area contributed by atoms with Gasteiger partial charge in [0.15, 0.2) is 0 Å². The van der Waals surface area contributed by atoms with Crippen molar-refractivity contribution in [3.63, 3.8) is 0 Å². The summed E-state index contributed by atoms with van der Waals surface area (Å²) in [4.78, 5) is 15.6. The summed E-state index contributed by atoms with van der Waals surface area (Å²) in [6.07, 6.45) is 0. The molecule has 2 N–H and O–H groups in total. The van der Waals surface area contributed by atoms with Crippen LogP contribution >= 0.6 is 11.3 Å². The molecule has 1 aliphatic rings. The van der Waals surface area contributed by atoms with E-state index in [1.54, 1.807) is 11.3 Å². The Morgan fingerprint density at radius 3 is 2.38 bits per heavy atom. The lowest BCUT2D eigenvalue weighted by atomic mass is 9.87. The summed E-state index contributed by atoms with van der Waals surface area (Å²) in [6, 6.07) is 20.4. The Morgan fingerprint density at radius 2 is 1.76 bits per heavy atom. The molecule has 3 aromatic rings. The molecular weight excluding hydrogens is 444 g/mol. The fraction of sp³-hybridized carbons (Fsp3) is 0.393. The molecule has 0 saturated carbocycles. The van der Waals surface area contributed by atoms with Crippen molar-refractivity contribution in [3.8, 4) is 5.75 Å². The second-order valence-corrected chi connectivity index (χ2v) is 10.8. The summed E-state index contributed by atoms with van der Waals surface area (Å²) < 4.78 is 11.5. The minimum absolute atomic E-state index is 0.0422. The topological polar surface area (TPSA) is 52.0 Å². The SMILES string of the molecule is CC(C)(C)c1ccc(OCc2ccc(C(=O)NC[C@@H](c3cccs3)[NH+]3CCOCC3)cc2)cc1. The second kappa shape index (κ2) is 11.2. The first-order valence-electron chi connectivity index (χ1n) is 12.0. The zero-order valence-electron chi connectivity index (χ0n) is 20.3. The molecule has 1 amide bonds. The van der Waals surface area contributed by atoms with Crippen LogP contribution < -0.4 is 15.0 Å². The molecule has 4 rings (SSSR count). The van der Waals surface area contributed by atoms with Gasteiger partial charge < -0.3 is 19.7 Å². The summed E-state index contributed by atoms with van der Waals surface area (Å²) in [7, 11) is 0. The van der Waals surface area contributed by atoms with E-state index in [2.05, 4.69) is 55.7 Å². The minimum atomic E-state index is -0.0422. The Bertz CT molecular complexity index is 1030. The molecule has 1 atom stereocenters. The zero-order chi connectivity index (χ0) is 24.0. The van der Waals surface area contributed by atoms with Crippen molar-refractivity contribution >= 4 is 17.2 Å². The summed E-state index contributed by atoms with van der Waals surface area (Å²) in [5.74, 6) is 0.805. The molecule has 1 aromatic heterocycles. The second-order valence-electron chi connectivity index (χ2n) is 9.81. The molecule has 0 bridgehead atoms. The van der Waals surface area contributed by atoms with Gasteiger partial charge in [-0.3, -0.25) is 4.79 Å². The third kappa shape index (κ3) is 6.47. The lowest BCUT2D eigenvalue weighted by molar-refractivity contribution is -0.937. The maximum absolute atomic E-state index is 12.8. The number of quaternary nitrogens is 1. The molecule has 1 aliphatic heterocycles. The minimum Gasteiger partial charge on any atom is -0.489 e. The van der Waals surface area contributed by atoms with Crippen LogP contribution in [0.4, 0.5) is 0 Å². The summed E-state index contributed by atoms with van der Waals surface area (Å²) in [6.45, 7) is 11.2. The third-order valence-electron chi connectivity index (χ3n) is 6.32. The van der Waals surface area contributed by atoms with Crippen LogP contribution in [-0.2, 0) is 16.8 Å². The number of carbonyl (C=O) groups excluding carboxylic acids is 1. The summed E-state index contributed by atoms with van der Waals surface area (Å²) in [5, 5.41) is 5.26. The quantitative estimate of drug-likeness (QED) is 0.513. The standard InChI is InChI=1S/C28H34N2O3S/c1-28(2,3)23-10-12-24(13-11-23)33-20-21-6-8-22(9-7-21)27(31)29-19-25(26-5-4-18-34-26)30-14-16-32-17-15-30/h4-13,18,25H,14-17,19-20H2,1-3H3,(H,29,31)/p+1/t25-/m0/s1. The first-order chi connectivity index (χ1) is 16.4. The Balaban J connectivity index is 1.31. The molecule has 2 heterocycles. The van der Waals surface area contributed by atoms with E-state index in [-0.39, 0.29) is 17.4 Å². The molecule has 0 radical (unpaired) electrons. The van der Waals surface area contributed by atoms with Crippen LogP contribution in [0.1, 0.15) is 53.2 Å². The molecule has 1 fully saturated rings. The largest absolute Gasteiger partial charge is 0.489 e. The Labute approximate surface area is 206 Å². The van der Waals surface area contributed by atoms with Gasteiger partial charge in [-0.05, 0) is 52.3 Å². The smallest absolute Gasteiger partial charge is 0.251 e. The van der Waals surface area contributed by atoms with Crippen molar-refractivity contribution in [2.75, 3.05) is 32.8 Å². The molecule has 5 nitrogen and oxygen atoms in total. The zero-order valence-corrected chi connectivity index (χ0v) is 21.1. The summed E-state index contributed by atoms with van der Waals surface area (Å²) >= 11 is 1.75. The highest BCUT2D eigenvalue weighted by Gasteiger charge is 2.27. The lowest BCUT2D eigenvalue weighted by Crippen LogP contribution is -3.15. The van der Waals surface area contributed by atoms with Crippen molar-refractivity contribution in [2.45, 2.75) is 38.8 Å². The highest BCUT2D eigenvalue weighted by atomic mass is 32.1. The van der Waals surface area contributed by atoms with Gasteiger partial charge in [-0.15, -0.1) is 11.3 Å². The number of hydrogen-bond donors (Lipinski definition) is 2. The first kappa shape index (κ1) is 24.5. The maximum atomic E-state index is 12.8. The molecule has 0 unspecified atom stereocenters. The van der Waals surface area contributed by atoms with Gasteiger partial charge in [-0.25, -0.2) is 0 Å². The lowest BCUT2D eigenvalue weighted by Gasteiger charge is -2.31. The van der Waals surface area contributed by atoms with E-state index in [1.165, 1.54) is 15.3 Å². The Hall–Kier alpha value is -2.67. The molecule has 180 valence electrons. The van der Waals surface area contributed by atoms with E-state index in [9.17, 15) is 4.79 Å². The van der Waals surface area contributed by atoms with Gasteiger partial charge in [0.05, 0.1) is 24.6 Å². The molecule has 6 heteroatoms.